The zero-order valence-electron chi connectivity index (χ0n) is 15.4. The third kappa shape index (κ3) is 4.52. The number of nitrogens with zero attached hydrogens (tertiary/aromatic N) is 4. The minimum atomic E-state index is -0.156. The summed E-state index contributed by atoms with van der Waals surface area (Å²) in [5, 5.41) is 4.41. The molecule has 26 heavy (non-hydrogen) atoms. The fraction of sp³-hybridized carbons (Fsp3) is 0.474. The van der Waals surface area contributed by atoms with Crippen molar-refractivity contribution in [3.05, 3.63) is 46.2 Å². The average Bonchev–Trinajstić information content (AvgIpc) is 3.14. The number of nitrogens with one attached hydrogen (secondary N) is 1. The SMILES string of the molecule is CCNC(=NCc1ncc(CC)s1)N1CCN(c2ccccc2F)CC1. The van der Waals surface area contributed by atoms with Crippen LogP contribution in [0.5, 0.6) is 0 Å². The molecule has 1 aliphatic heterocycles. The van der Waals surface area contributed by atoms with Gasteiger partial charge in [-0.15, -0.1) is 11.3 Å². The minimum absolute atomic E-state index is 0.156. The Hall–Kier alpha value is -2.15. The molecule has 0 amide bonds. The number of guanidine groups is 1. The molecule has 0 atom stereocenters. The summed E-state index contributed by atoms with van der Waals surface area (Å²) < 4.78 is 14.0. The van der Waals surface area contributed by atoms with E-state index in [2.05, 4.69) is 33.9 Å². The summed E-state index contributed by atoms with van der Waals surface area (Å²) in [4.78, 5) is 14.8. The zero-order valence-corrected chi connectivity index (χ0v) is 16.2. The molecule has 1 N–H and O–H groups in total. The lowest BCUT2D eigenvalue weighted by Gasteiger charge is -2.37. The molecule has 1 saturated heterocycles. The number of anilines is 1. The Morgan fingerprint density at radius 1 is 1.23 bits per heavy atom. The number of aryl methyl sites for hydroxylation is 1. The van der Waals surface area contributed by atoms with Gasteiger partial charge in [-0.3, -0.25) is 0 Å². The molecule has 2 heterocycles. The lowest BCUT2D eigenvalue weighted by molar-refractivity contribution is 0.370. The Morgan fingerprint density at radius 3 is 2.65 bits per heavy atom. The highest BCUT2D eigenvalue weighted by Crippen LogP contribution is 2.20. The topological polar surface area (TPSA) is 43.8 Å². The van der Waals surface area contributed by atoms with Crippen molar-refractivity contribution in [3.8, 4) is 0 Å². The van der Waals surface area contributed by atoms with Crippen LogP contribution >= 0.6 is 11.3 Å². The number of hydrogen-bond acceptors (Lipinski definition) is 4. The Labute approximate surface area is 158 Å². The van der Waals surface area contributed by atoms with E-state index in [-0.39, 0.29) is 5.82 Å². The number of rotatable bonds is 5. The van der Waals surface area contributed by atoms with Gasteiger partial charge in [-0.1, -0.05) is 19.1 Å². The lowest BCUT2D eigenvalue weighted by Crippen LogP contribution is -2.52. The molecule has 5 nitrogen and oxygen atoms in total. The fourth-order valence-electron chi connectivity index (χ4n) is 3.02. The van der Waals surface area contributed by atoms with Gasteiger partial charge < -0.3 is 15.1 Å². The van der Waals surface area contributed by atoms with Gasteiger partial charge in [-0.25, -0.2) is 14.4 Å². The predicted octanol–water partition coefficient (Wildman–Crippen LogP) is 3.13. The Morgan fingerprint density at radius 2 is 2.00 bits per heavy atom. The highest BCUT2D eigenvalue weighted by Gasteiger charge is 2.21. The van der Waals surface area contributed by atoms with Crippen LogP contribution in [0.1, 0.15) is 23.7 Å². The summed E-state index contributed by atoms with van der Waals surface area (Å²) in [5.74, 6) is 0.756. The first kappa shape index (κ1) is 18.6. The van der Waals surface area contributed by atoms with Crippen molar-refractivity contribution < 1.29 is 4.39 Å². The molecule has 1 aromatic heterocycles. The summed E-state index contributed by atoms with van der Waals surface area (Å²) in [7, 11) is 0. The first-order chi connectivity index (χ1) is 12.7. The third-order valence-corrected chi connectivity index (χ3v) is 5.55. The molecule has 3 rings (SSSR count). The van der Waals surface area contributed by atoms with E-state index in [1.807, 2.05) is 18.3 Å². The monoisotopic (exact) mass is 375 g/mol. The molecule has 0 bridgehead atoms. The summed E-state index contributed by atoms with van der Waals surface area (Å²) in [5.41, 5.74) is 0.684. The van der Waals surface area contributed by atoms with E-state index in [9.17, 15) is 4.39 Å². The van der Waals surface area contributed by atoms with Crippen LogP contribution in [0.4, 0.5) is 10.1 Å². The van der Waals surface area contributed by atoms with Crippen molar-refractivity contribution in [2.45, 2.75) is 26.8 Å². The van der Waals surface area contributed by atoms with E-state index in [1.54, 1.807) is 17.4 Å². The fourth-order valence-corrected chi connectivity index (χ4v) is 3.81. The van der Waals surface area contributed by atoms with Crippen LogP contribution in [0, 0.1) is 5.82 Å². The van der Waals surface area contributed by atoms with Crippen LogP contribution in [-0.4, -0.2) is 48.6 Å². The van der Waals surface area contributed by atoms with Gasteiger partial charge in [0.25, 0.3) is 0 Å². The van der Waals surface area contributed by atoms with Gasteiger partial charge in [-0.05, 0) is 25.5 Å². The third-order valence-electron chi connectivity index (χ3n) is 4.42. The summed E-state index contributed by atoms with van der Waals surface area (Å²) in [6.07, 6.45) is 2.95. The number of benzene rings is 1. The average molecular weight is 376 g/mol. The predicted molar refractivity (Wildman–Crippen MR) is 106 cm³/mol. The van der Waals surface area contributed by atoms with E-state index >= 15 is 0 Å². The van der Waals surface area contributed by atoms with Gasteiger partial charge in [0.2, 0.25) is 0 Å². The standard InChI is InChI=1S/C19H26FN5S/c1-3-15-13-22-18(26-15)14-23-19(21-4-2)25-11-9-24(10-12-25)17-8-6-5-7-16(17)20/h5-8,13H,3-4,9-12,14H2,1-2H3,(H,21,23). The van der Waals surface area contributed by atoms with Crippen molar-refractivity contribution in [3.63, 3.8) is 0 Å². The van der Waals surface area contributed by atoms with Crippen molar-refractivity contribution in [2.75, 3.05) is 37.6 Å². The second kappa shape index (κ2) is 8.98. The van der Waals surface area contributed by atoms with Crippen molar-refractivity contribution in [1.82, 2.24) is 15.2 Å². The molecule has 140 valence electrons. The first-order valence-corrected chi connectivity index (χ1v) is 9.99. The van der Waals surface area contributed by atoms with Crippen LogP contribution in [0.2, 0.25) is 0 Å². The molecule has 2 aromatic rings. The molecule has 1 aliphatic rings. The Bertz CT molecular complexity index is 737. The molecule has 1 fully saturated rings. The molecule has 0 saturated carbocycles. The number of aromatic nitrogens is 1. The minimum Gasteiger partial charge on any atom is -0.366 e. The van der Waals surface area contributed by atoms with Crippen LogP contribution in [-0.2, 0) is 13.0 Å². The van der Waals surface area contributed by atoms with Gasteiger partial charge >= 0.3 is 0 Å². The molecular formula is C19H26FN5S. The number of thiazole rings is 1. The van der Waals surface area contributed by atoms with Gasteiger partial charge in [0.1, 0.15) is 10.8 Å². The number of piperazine rings is 1. The Balaban J connectivity index is 1.62. The Kier molecular flexibility index (Phi) is 6.44. The first-order valence-electron chi connectivity index (χ1n) is 9.17. The number of halogens is 1. The molecule has 0 aliphatic carbocycles. The van der Waals surface area contributed by atoms with Crippen LogP contribution in [0.25, 0.3) is 0 Å². The quantitative estimate of drug-likeness (QED) is 0.644. The number of para-hydroxylation sites is 1. The summed E-state index contributed by atoms with van der Waals surface area (Å²) in [6.45, 7) is 8.83. The van der Waals surface area contributed by atoms with Gasteiger partial charge in [-0.2, -0.15) is 0 Å². The summed E-state index contributed by atoms with van der Waals surface area (Å²) >= 11 is 1.72. The largest absolute Gasteiger partial charge is 0.366 e. The molecule has 0 spiro atoms. The maximum absolute atomic E-state index is 14.0. The number of hydrogen-bond donors (Lipinski definition) is 1. The molecule has 7 heteroatoms. The summed E-state index contributed by atoms with van der Waals surface area (Å²) in [6, 6.07) is 6.98. The molecule has 1 aromatic carbocycles. The van der Waals surface area contributed by atoms with E-state index in [0.717, 1.165) is 50.1 Å². The van der Waals surface area contributed by atoms with Crippen LogP contribution < -0.4 is 10.2 Å². The maximum atomic E-state index is 14.0. The lowest BCUT2D eigenvalue weighted by atomic mass is 10.2. The zero-order chi connectivity index (χ0) is 18.4. The van der Waals surface area contributed by atoms with Gasteiger partial charge in [0, 0.05) is 43.8 Å². The van der Waals surface area contributed by atoms with E-state index in [4.69, 9.17) is 4.99 Å². The molecule has 0 radical (unpaired) electrons. The van der Waals surface area contributed by atoms with E-state index < -0.39 is 0 Å². The van der Waals surface area contributed by atoms with Gasteiger partial charge in [0.15, 0.2) is 5.96 Å². The second-order valence-electron chi connectivity index (χ2n) is 6.17. The van der Waals surface area contributed by atoms with Crippen LogP contribution in [0.15, 0.2) is 35.5 Å². The molecule has 0 unspecified atom stereocenters. The smallest absolute Gasteiger partial charge is 0.194 e. The highest BCUT2D eigenvalue weighted by atomic mass is 32.1. The normalized spacial score (nSPS) is 15.4. The van der Waals surface area contributed by atoms with E-state index in [1.165, 1.54) is 10.9 Å². The highest BCUT2D eigenvalue weighted by molar-refractivity contribution is 7.11. The van der Waals surface area contributed by atoms with E-state index in [0.29, 0.717) is 12.2 Å². The van der Waals surface area contributed by atoms with Crippen molar-refractivity contribution in [2.24, 2.45) is 4.99 Å². The maximum Gasteiger partial charge on any atom is 0.194 e. The van der Waals surface area contributed by atoms with Crippen LogP contribution in [0.3, 0.4) is 0 Å². The second-order valence-corrected chi connectivity index (χ2v) is 7.37. The molecular weight excluding hydrogens is 349 g/mol. The number of aliphatic imine (C=N–C) groups is 1. The van der Waals surface area contributed by atoms with Crippen molar-refractivity contribution >= 4 is 23.0 Å². The van der Waals surface area contributed by atoms with Gasteiger partial charge in [0.05, 0.1) is 12.2 Å². The van der Waals surface area contributed by atoms with Crippen molar-refractivity contribution in [1.29, 1.82) is 0 Å².